The number of rotatable bonds is 4. The molecule has 0 unspecified atom stereocenters. The van der Waals surface area contributed by atoms with Crippen molar-refractivity contribution in [3.63, 3.8) is 0 Å². The number of hydrogen-bond donors (Lipinski definition) is 0. The Morgan fingerprint density at radius 3 is 1.27 bits per heavy atom. The first-order valence-corrected chi connectivity index (χ1v) is 21.5. The SMILES string of the molecule is c1ccc(-c2c3ccccc3c(-c3ccc4c(c3)sc3c(-c5c6ccccc6c(-n6c7ccccc7c7ccccc76)c6ccccc56)cccc34)c3ccccc23)cc1. The molecule has 0 fully saturated rings. The molecule has 0 aliphatic rings. The standard InChI is InChI=1S/C58H35NS/c1-2-17-36(18-3-1)54-41-21-4-6-23-43(41)55(44-24-7-5-22-42(44)54)37-33-34-40-49-29-16-30-50(58(49)60-53(40)35-37)56-45-25-8-10-27-47(45)57(48-28-11-9-26-46(48)56)59-51-31-14-12-19-38(51)39-20-13-15-32-52(39)59/h1-35H. The number of nitrogens with zero attached hydrogens (tertiary/aromatic N) is 1. The smallest absolute Gasteiger partial charge is 0.0619 e. The van der Waals surface area contributed by atoms with Crippen LogP contribution in [0.4, 0.5) is 0 Å². The zero-order chi connectivity index (χ0) is 39.3. The van der Waals surface area contributed by atoms with E-state index in [1.165, 1.54) is 124 Å². The number of thiophene rings is 1. The first kappa shape index (κ1) is 33.5. The molecule has 0 atom stereocenters. The Morgan fingerprint density at radius 1 is 0.283 bits per heavy atom. The molecule has 2 aromatic heterocycles. The third-order valence-electron chi connectivity index (χ3n) is 12.8. The highest BCUT2D eigenvalue weighted by Gasteiger charge is 2.23. The van der Waals surface area contributed by atoms with Crippen LogP contribution in [0.1, 0.15) is 0 Å². The fourth-order valence-corrected chi connectivity index (χ4v) is 11.6. The molecule has 0 radical (unpaired) electrons. The van der Waals surface area contributed by atoms with Gasteiger partial charge in [-0.2, -0.15) is 0 Å². The maximum atomic E-state index is 2.50. The van der Waals surface area contributed by atoms with Crippen molar-refractivity contribution in [3.8, 4) is 39.1 Å². The number of hydrogen-bond acceptors (Lipinski definition) is 1. The summed E-state index contributed by atoms with van der Waals surface area (Å²) in [6.07, 6.45) is 0. The molecule has 0 amide bonds. The Morgan fingerprint density at radius 2 is 0.717 bits per heavy atom. The highest BCUT2D eigenvalue weighted by Crippen LogP contribution is 2.49. The lowest BCUT2D eigenvalue weighted by Crippen LogP contribution is -1.99. The number of aromatic nitrogens is 1. The quantitative estimate of drug-likeness (QED) is 0.157. The minimum Gasteiger partial charge on any atom is -0.308 e. The fraction of sp³-hybridized carbons (Fsp3) is 0. The molecule has 0 saturated heterocycles. The van der Waals surface area contributed by atoms with E-state index in [1.54, 1.807) is 0 Å². The van der Waals surface area contributed by atoms with Gasteiger partial charge in [-0.15, -0.1) is 11.3 Å². The van der Waals surface area contributed by atoms with Crippen molar-refractivity contribution < 1.29 is 0 Å². The Labute approximate surface area is 350 Å². The van der Waals surface area contributed by atoms with Gasteiger partial charge >= 0.3 is 0 Å². The molecule has 0 bridgehead atoms. The van der Waals surface area contributed by atoms with Crippen molar-refractivity contribution in [2.75, 3.05) is 0 Å². The highest BCUT2D eigenvalue weighted by molar-refractivity contribution is 7.26. The second kappa shape index (κ2) is 13.0. The summed E-state index contributed by atoms with van der Waals surface area (Å²) in [7, 11) is 0. The van der Waals surface area contributed by atoms with Gasteiger partial charge in [-0.3, -0.25) is 0 Å². The molecule has 2 heteroatoms. The molecule has 278 valence electrons. The molecule has 0 saturated carbocycles. The van der Waals surface area contributed by atoms with Gasteiger partial charge in [0.2, 0.25) is 0 Å². The molecular formula is C58H35NS. The van der Waals surface area contributed by atoms with Gasteiger partial charge in [-0.1, -0.05) is 194 Å². The van der Waals surface area contributed by atoms with Crippen molar-refractivity contribution in [2.45, 2.75) is 0 Å². The van der Waals surface area contributed by atoms with E-state index in [0.29, 0.717) is 0 Å². The van der Waals surface area contributed by atoms with Crippen molar-refractivity contribution in [2.24, 2.45) is 0 Å². The minimum atomic E-state index is 1.22. The van der Waals surface area contributed by atoms with Crippen LogP contribution in [0.25, 0.3) is 124 Å². The van der Waals surface area contributed by atoms with Gasteiger partial charge in [0.05, 0.1) is 16.7 Å². The van der Waals surface area contributed by atoms with E-state index < -0.39 is 0 Å². The van der Waals surface area contributed by atoms with Gasteiger partial charge in [0, 0.05) is 47.3 Å². The van der Waals surface area contributed by atoms with E-state index in [-0.39, 0.29) is 0 Å². The summed E-state index contributed by atoms with van der Waals surface area (Å²) in [5.74, 6) is 0. The van der Waals surface area contributed by atoms with Gasteiger partial charge in [0.15, 0.2) is 0 Å². The summed E-state index contributed by atoms with van der Waals surface area (Å²) in [5.41, 5.74) is 11.3. The highest BCUT2D eigenvalue weighted by atomic mass is 32.1. The predicted octanol–water partition coefficient (Wildman–Crippen LogP) is 16.8. The van der Waals surface area contributed by atoms with Crippen LogP contribution in [-0.2, 0) is 0 Å². The van der Waals surface area contributed by atoms with Crippen molar-refractivity contribution in [3.05, 3.63) is 212 Å². The second-order valence-corrected chi connectivity index (χ2v) is 16.9. The molecule has 0 spiro atoms. The normalized spacial score (nSPS) is 12.0. The Bertz CT molecular complexity index is 3720. The van der Waals surface area contributed by atoms with E-state index in [1.807, 2.05) is 11.3 Å². The summed E-state index contributed by atoms with van der Waals surface area (Å²) in [5, 5.41) is 15.3. The number of para-hydroxylation sites is 2. The molecule has 11 aromatic carbocycles. The van der Waals surface area contributed by atoms with Crippen molar-refractivity contribution >= 4 is 96.4 Å². The van der Waals surface area contributed by atoms with Crippen molar-refractivity contribution in [1.82, 2.24) is 4.57 Å². The van der Waals surface area contributed by atoms with E-state index in [2.05, 4.69) is 217 Å². The Hall–Kier alpha value is -7.52. The van der Waals surface area contributed by atoms with Gasteiger partial charge in [0.25, 0.3) is 0 Å². The summed E-state index contributed by atoms with van der Waals surface area (Å²) in [6.45, 7) is 0. The topological polar surface area (TPSA) is 4.93 Å². The number of fused-ring (bicyclic) bond motifs is 10. The zero-order valence-corrected chi connectivity index (χ0v) is 33.4. The van der Waals surface area contributed by atoms with Gasteiger partial charge < -0.3 is 4.57 Å². The lowest BCUT2D eigenvalue weighted by Gasteiger charge is -2.19. The predicted molar refractivity (Wildman–Crippen MR) is 260 cm³/mol. The molecule has 1 nitrogen and oxygen atoms in total. The Kier molecular flexibility index (Phi) is 7.24. The van der Waals surface area contributed by atoms with Gasteiger partial charge in [-0.05, 0) is 78.3 Å². The average molecular weight is 778 g/mol. The molecule has 0 N–H and O–H groups in total. The third kappa shape index (κ3) is 4.74. The van der Waals surface area contributed by atoms with Crippen LogP contribution in [0.3, 0.4) is 0 Å². The molecule has 0 aliphatic carbocycles. The maximum Gasteiger partial charge on any atom is 0.0619 e. The zero-order valence-electron chi connectivity index (χ0n) is 32.6. The van der Waals surface area contributed by atoms with Gasteiger partial charge in [0.1, 0.15) is 0 Å². The van der Waals surface area contributed by atoms with E-state index in [0.717, 1.165) is 0 Å². The Balaban J connectivity index is 1.07. The van der Waals surface area contributed by atoms with E-state index >= 15 is 0 Å². The summed E-state index contributed by atoms with van der Waals surface area (Å²) < 4.78 is 5.12. The van der Waals surface area contributed by atoms with Crippen LogP contribution in [0.15, 0.2) is 212 Å². The molecule has 2 heterocycles. The van der Waals surface area contributed by atoms with Crippen LogP contribution in [0, 0.1) is 0 Å². The summed E-state index contributed by atoms with van der Waals surface area (Å²) in [6, 6.07) is 78.6. The van der Waals surface area contributed by atoms with Gasteiger partial charge in [-0.25, -0.2) is 0 Å². The lowest BCUT2D eigenvalue weighted by molar-refractivity contribution is 1.21. The average Bonchev–Trinajstić information content (AvgIpc) is 3.86. The third-order valence-corrected chi connectivity index (χ3v) is 14.0. The van der Waals surface area contributed by atoms with E-state index in [9.17, 15) is 0 Å². The molecule has 60 heavy (non-hydrogen) atoms. The van der Waals surface area contributed by atoms with Crippen LogP contribution in [0.2, 0.25) is 0 Å². The second-order valence-electron chi connectivity index (χ2n) is 15.9. The van der Waals surface area contributed by atoms with Crippen LogP contribution in [-0.4, -0.2) is 4.57 Å². The monoisotopic (exact) mass is 777 g/mol. The minimum absolute atomic E-state index is 1.22. The van der Waals surface area contributed by atoms with Crippen molar-refractivity contribution in [1.29, 1.82) is 0 Å². The first-order chi connectivity index (χ1) is 29.8. The largest absolute Gasteiger partial charge is 0.308 e. The van der Waals surface area contributed by atoms with Crippen LogP contribution >= 0.6 is 11.3 Å². The summed E-state index contributed by atoms with van der Waals surface area (Å²) in [4.78, 5) is 0. The fourth-order valence-electron chi connectivity index (χ4n) is 10.3. The molecule has 13 rings (SSSR count). The first-order valence-electron chi connectivity index (χ1n) is 20.7. The number of benzene rings is 11. The summed E-state index contributed by atoms with van der Waals surface area (Å²) >= 11 is 1.92. The van der Waals surface area contributed by atoms with Crippen LogP contribution in [0.5, 0.6) is 0 Å². The molecule has 13 aromatic rings. The van der Waals surface area contributed by atoms with Crippen LogP contribution < -0.4 is 0 Å². The maximum absolute atomic E-state index is 2.50. The van der Waals surface area contributed by atoms with E-state index in [4.69, 9.17) is 0 Å². The molecular weight excluding hydrogens is 743 g/mol. The lowest BCUT2D eigenvalue weighted by atomic mass is 9.86. The molecule has 0 aliphatic heterocycles.